The molecule has 174 valence electrons. The number of aromatic nitrogens is 1. The van der Waals surface area contributed by atoms with Gasteiger partial charge in [0.15, 0.2) is 5.66 Å². The Morgan fingerprint density at radius 2 is 1.56 bits per heavy atom. The van der Waals surface area contributed by atoms with Crippen LogP contribution in [-0.2, 0) is 29.6 Å². The summed E-state index contributed by atoms with van der Waals surface area (Å²) in [7, 11) is -3.75. The fraction of sp³-hybridized carbons (Fsp3) is 0.381. The van der Waals surface area contributed by atoms with Gasteiger partial charge >= 0.3 is 13.6 Å². The number of ether oxygens (including phenoxy) is 1. The molecule has 2 aromatic rings. The van der Waals surface area contributed by atoms with E-state index in [0.717, 1.165) is 0 Å². The molecule has 0 aliphatic rings. The largest absolute Gasteiger partial charge is 0.465 e. The summed E-state index contributed by atoms with van der Waals surface area (Å²) in [5.74, 6) is -1.14. The zero-order valence-electron chi connectivity index (χ0n) is 18.0. The predicted octanol–water partition coefficient (Wildman–Crippen LogP) is 5.38. The number of nitrogens with one attached hydrogen (secondary N) is 1. The molecule has 0 fully saturated rings. The maximum absolute atomic E-state index is 13.2. The summed E-state index contributed by atoms with van der Waals surface area (Å²) in [6.45, 7) is 5.40. The number of amides is 1. The highest BCUT2D eigenvalue weighted by Gasteiger charge is 2.42. The highest BCUT2D eigenvalue weighted by atomic mass is 35.5. The first kappa shape index (κ1) is 26.3. The van der Waals surface area contributed by atoms with Gasteiger partial charge in [-0.2, -0.15) is 0 Å². The molecule has 1 N–H and O–H groups in total. The van der Waals surface area contributed by atoms with E-state index in [0.29, 0.717) is 11.3 Å². The van der Waals surface area contributed by atoms with E-state index in [1.807, 2.05) is 0 Å². The van der Waals surface area contributed by atoms with Gasteiger partial charge in [-0.05, 0) is 44.9 Å². The molecule has 8 nitrogen and oxygen atoms in total. The number of benzene rings is 1. The van der Waals surface area contributed by atoms with Crippen LogP contribution in [0.15, 0.2) is 36.7 Å². The molecule has 1 aromatic heterocycles. The third kappa shape index (κ3) is 6.77. The summed E-state index contributed by atoms with van der Waals surface area (Å²) >= 11 is 12.0. The molecule has 1 amide bonds. The first-order valence-corrected chi connectivity index (χ1v) is 12.4. The van der Waals surface area contributed by atoms with E-state index in [2.05, 4.69) is 10.3 Å². The van der Waals surface area contributed by atoms with Gasteiger partial charge in [-0.1, -0.05) is 35.3 Å². The van der Waals surface area contributed by atoms with Gasteiger partial charge in [0.05, 0.1) is 35.4 Å². The van der Waals surface area contributed by atoms with E-state index < -0.39 is 25.1 Å². The number of esters is 1. The van der Waals surface area contributed by atoms with Crippen molar-refractivity contribution in [2.45, 2.75) is 32.9 Å². The minimum Gasteiger partial charge on any atom is -0.465 e. The summed E-state index contributed by atoms with van der Waals surface area (Å²) in [4.78, 5) is 28.9. The second-order valence-corrected chi connectivity index (χ2v) is 9.51. The third-order valence-electron chi connectivity index (χ3n) is 4.28. The number of anilines is 1. The van der Waals surface area contributed by atoms with E-state index in [4.69, 9.17) is 37.0 Å². The van der Waals surface area contributed by atoms with Crippen LogP contribution in [0.25, 0.3) is 0 Å². The maximum atomic E-state index is 13.2. The molecule has 0 saturated heterocycles. The van der Waals surface area contributed by atoms with Gasteiger partial charge in [-0.15, -0.1) is 0 Å². The SMILES string of the molecule is CCOC(=O)C(Cc1ccc(NC(=O)c2c(Cl)cncc2Cl)cc1)P(=O)(OCC)OCC. The smallest absolute Gasteiger partial charge is 0.345 e. The molecule has 0 bridgehead atoms. The lowest BCUT2D eigenvalue weighted by Crippen LogP contribution is -2.28. The molecule has 0 saturated carbocycles. The average molecular weight is 503 g/mol. The summed E-state index contributed by atoms with van der Waals surface area (Å²) in [5.41, 5.74) is 0.162. The Balaban J connectivity index is 2.21. The molecule has 0 aliphatic carbocycles. The van der Waals surface area contributed by atoms with E-state index in [1.165, 1.54) is 12.4 Å². The van der Waals surface area contributed by atoms with Gasteiger partial charge in [0.2, 0.25) is 0 Å². The van der Waals surface area contributed by atoms with Crippen LogP contribution in [0.5, 0.6) is 0 Å². The predicted molar refractivity (Wildman–Crippen MR) is 124 cm³/mol. The standard InChI is InChI=1S/C21H25Cl2N2O6P/c1-4-29-21(27)18(32(28,30-5-2)31-6-3)11-14-7-9-15(10-8-14)25-20(26)19-16(22)12-24-13-17(19)23/h7-10,12-13,18H,4-6,11H2,1-3H3,(H,25,26). The van der Waals surface area contributed by atoms with Crippen LogP contribution in [0.2, 0.25) is 10.0 Å². The Kier molecular flexibility index (Phi) is 10.1. The molecule has 1 unspecified atom stereocenters. The lowest BCUT2D eigenvalue weighted by molar-refractivity contribution is -0.143. The van der Waals surface area contributed by atoms with Crippen LogP contribution in [0.1, 0.15) is 36.7 Å². The van der Waals surface area contributed by atoms with E-state index >= 15 is 0 Å². The quantitative estimate of drug-likeness (QED) is 0.324. The van der Waals surface area contributed by atoms with Crippen molar-refractivity contribution in [1.29, 1.82) is 0 Å². The minimum absolute atomic E-state index is 0.0757. The minimum atomic E-state index is -3.75. The number of pyridine rings is 1. The lowest BCUT2D eigenvalue weighted by Gasteiger charge is -2.25. The van der Waals surface area contributed by atoms with Gasteiger partial charge in [0.25, 0.3) is 5.91 Å². The molecule has 0 aliphatic heterocycles. The van der Waals surface area contributed by atoms with Crippen molar-refractivity contribution in [2.75, 3.05) is 25.1 Å². The molecule has 1 atom stereocenters. The molecular formula is C21H25Cl2N2O6P. The zero-order chi connectivity index (χ0) is 23.7. The Morgan fingerprint density at radius 3 is 2.06 bits per heavy atom. The fourth-order valence-corrected chi connectivity index (χ4v) is 5.37. The number of halogens is 2. The zero-order valence-corrected chi connectivity index (χ0v) is 20.4. The van der Waals surface area contributed by atoms with Crippen molar-refractivity contribution in [1.82, 2.24) is 4.98 Å². The number of nitrogens with zero attached hydrogens (tertiary/aromatic N) is 1. The van der Waals surface area contributed by atoms with Crippen molar-refractivity contribution >= 4 is 48.4 Å². The second-order valence-electron chi connectivity index (χ2n) is 6.48. The highest BCUT2D eigenvalue weighted by molar-refractivity contribution is 7.55. The van der Waals surface area contributed by atoms with E-state index in [1.54, 1.807) is 45.0 Å². The van der Waals surface area contributed by atoms with Crippen molar-refractivity contribution in [3.63, 3.8) is 0 Å². The summed E-state index contributed by atoms with van der Waals surface area (Å²) in [6.07, 6.45) is 2.73. The van der Waals surface area contributed by atoms with Gasteiger partial charge in [0, 0.05) is 18.1 Å². The summed E-state index contributed by atoms with van der Waals surface area (Å²) in [5, 5.41) is 2.96. The summed E-state index contributed by atoms with van der Waals surface area (Å²) in [6, 6.07) is 6.68. The summed E-state index contributed by atoms with van der Waals surface area (Å²) < 4.78 is 29.1. The number of hydrogen-bond acceptors (Lipinski definition) is 7. The Labute approximate surface area is 197 Å². The maximum Gasteiger partial charge on any atom is 0.345 e. The number of carbonyl (C=O) groups is 2. The molecule has 11 heteroatoms. The fourth-order valence-electron chi connectivity index (χ4n) is 2.91. The first-order valence-electron chi connectivity index (χ1n) is 10.00. The first-order chi connectivity index (χ1) is 15.3. The third-order valence-corrected chi connectivity index (χ3v) is 7.25. The number of hydrogen-bond donors (Lipinski definition) is 1. The second kappa shape index (κ2) is 12.3. The topological polar surface area (TPSA) is 104 Å². The van der Waals surface area contributed by atoms with Crippen LogP contribution >= 0.6 is 30.8 Å². The Morgan fingerprint density at radius 1 is 1.00 bits per heavy atom. The average Bonchev–Trinajstić information content (AvgIpc) is 2.73. The monoisotopic (exact) mass is 502 g/mol. The molecule has 0 spiro atoms. The van der Waals surface area contributed by atoms with Crippen molar-refractivity contribution < 1.29 is 27.9 Å². The molecule has 2 rings (SSSR count). The molecule has 32 heavy (non-hydrogen) atoms. The van der Waals surface area contributed by atoms with Crippen molar-refractivity contribution in [3.05, 3.63) is 57.8 Å². The molecular weight excluding hydrogens is 478 g/mol. The van der Waals surface area contributed by atoms with Crippen molar-refractivity contribution in [2.24, 2.45) is 0 Å². The lowest BCUT2D eigenvalue weighted by atomic mass is 10.1. The molecule has 0 radical (unpaired) electrons. The van der Waals surface area contributed by atoms with Crippen LogP contribution in [0.4, 0.5) is 5.69 Å². The molecule has 1 heterocycles. The Bertz CT molecular complexity index is 957. The van der Waals surface area contributed by atoms with Crippen LogP contribution in [0, 0.1) is 0 Å². The van der Waals surface area contributed by atoms with Gasteiger partial charge in [0.1, 0.15) is 0 Å². The van der Waals surface area contributed by atoms with Crippen LogP contribution in [0.3, 0.4) is 0 Å². The van der Waals surface area contributed by atoms with Crippen LogP contribution in [-0.4, -0.2) is 42.3 Å². The highest BCUT2D eigenvalue weighted by Crippen LogP contribution is 2.54. The normalized spacial score (nSPS) is 12.3. The van der Waals surface area contributed by atoms with Crippen molar-refractivity contribution in [3.8, 4) is 0 Å². The van der Waals surface area contributed by atoms with E-state index in [-0.39, 0.29) is 41.9 Å². The number of carbonyl (C=O) groups excluding carboxylic acids is 2. The van der Waals surface area contributed by atoms with E-state index in [9.17, 15) is 14.2 Å². The number of rotatable bonds is 11. The van der Waals surface area contributed by atoms with Gasteiger partial charge in [-0.25, -0.2) is 0 Å². The molecule has 1 aromatic carbocycles. The van der Waals surface area contributed by atoms with Gasteiger partial charge in [-0.3, -0.25) is 19.1 Å². The van der Waals surface area contributed by atoms with Gasteiger partial charge < -0.3 is 19.1 Å². The van der Waals surface area contributed by atoms with Crippen LogP contribution < -0.4 is 5.32 Å². The Hall–Kier alpha value is -1.96.